The first-order valence-corrected chi connectivity index (χ1v) is 8.20. The van der Waals surface area contributed by atoms with Gasteiger partial charge in [-0.3, -0.25) is 9.67 Å². The summed E-state index contributed by atoms with van der Waals surface area (Å²) in [6.45, 7) is 6.12. The molecule has 4 rings (SSSR count). The Labute approximate surface area is 136 Å². The highest BCUT2D eigenvalue weighted by atomic mass is 15.3. The van der Waals surface area contributed by atoms with Crippen molar-refractivity contribution in [2.24, 2.45) is 0 Å². The zero-order valence-corrected chi connectivity index (χ0v) is 13.6. The summed E-state index contributed by atoms with van der Waals surface area (Å²) >= 11 is 0. The van der Waals surface area contributed by atoms with Gasteiger partial charge in [-0.05, 0) is 44.9 Å². The maximum atomic E-state index is 4.81. The summed E-state index contributed by atoms with van der Waals surface area (Å²) in [6, 6.07) is 10.6. The molecule has 2 aromatic heterocycles. The lowest BCUT2D eigenvalue weighted by Gasteiger charge is -2.26. The van der Waals surface area contributed by atoms with E-state index >= 15 is 0 Å². The Morgan fingerprint density at radius 2 is 2.00 bits per heavy atom. The summed E-state index contributed by atoms with van der Waals surface area (Å²) < 4.78 is 2.12. The maximum absolute atomic E-state index is 4.81. The van der Waals surface area contributed by atoms with Gasteiger partial charge >= 0.3 is 0 Å². The van der Waals surface area contributed by atoms with Crippen LogP contribution in [0.5, 0.6) is 0 Å². The van der Waals surface area contributed by atoms with Crippen molar-refractivity contribution in [3.8, 4) is 0 Å². The number of aryl methyl sites for hydroxylation is 2. The fourth-order valence-electron chi connectivity index (χ4n) is 3.47. The first kappa shape index (κ1) is 14.2. The Kier molecular flexibility index (Phi) is 3.48. The number of fused-ring (bicyclic) bond motifs is 1. The zero-order chi connectivity index (χ0) is 15.8. The van der Waals surface area contributed by atoms with Crippen molar-refractivity contribution in [2.45, 2.75) is 39.3 Å². The number of para-hydroxylation sites is 2. The number of hydrogen-bond acceptors (Lipinski definition) is 4. The van der Waals surface area contributed by atoms with Crippen LogP contribution in [0.15, 0.2) is 36.5 Å². The highest BCUT2D eigenvalue weighted by molar-refractivity contribution is 5.75. The highest BCUT2D eigenvalue weighted by Gasteiger charge is 2.27. The molecule has 5 nitrogen and oxygen atoms in total. The van der Waals surface area contributed by atoms with Crippen LogP contribution in [0.1, 0.15) is 24.2 Å². The Bertz CT molecular complexity index is 838. The van der Waals surface area contributed by atoms with Gasteiger partial charge in [0.25, 0.3) is 0 Å². The van der Waals surface area contributed by atoms with Crippen LogP contribution >= 0.6 is 0 Å². The van der Waals surface area contributed by atoms with Gasteiger partial charge in [0.15, 0.2) is 0 Å². The summed E-state index contributed by atoms with van der Waals surface area (Å²) in [4.78, 5) is 11.8. The number of nitrogens with zero attached hydrogens (tertiary/aromatic N) is 5. The summed E-state index contributed by atoms with van der Waals surface area (Å²) in [5, 5.41) is 4.61. The topological polar surface area (TPSA) is 46.8 Å². The number of hydrogen-bond donors (Lipinski definition) is 0. The molecular weight excluding hydrogens is 286 g/mol. The second-order valence-electron chi connectivity index (χ2n) is 6.32. The fraction of sp³-hybridized carbons (Fsp3) is 0.389. The largest absolute Gasteiger partial charge is 0.350 e. The number of benzene rings is 1. The third-order valence-electron chi connectivity index (χ3n) is 4.59. The van der Waals surface area contributed by atoms with E-state index in [1.165, 1.54) is 18.5 Å². The van der Waals surface area contributed by atoms with Crippen molar-refractivity contribution < 1.29 is 0 Å². The molecule has 23 heavy (non-hydrogen) atoms. The van der Waals surface area contributed by atoms with E-state index in [-0.39, 0.29) is 0 Å². The SMILES string of the molecule is Cc1cc(C)n(C[C@@H]2CCCN2c2cnc3ccccc3n2)n1. The van der Waals surface area contributed by atoms with Crippen LogP contribution < -0.4 is 4.90 Å². The van der Waals surface area contributed by atoms with Crippen molar-refractivity contribution in [1.82, 2.24) is 19.7 Å². The molecule has 5 heteroatoms. The van der Waals surface area contributed by atoms with Crippen LogP contribution in [0.4, 0.5) is 5.82 Å². The molecule has 0 aliphatic carbocycles. The van der Waals surface area contributed by atoms with Gasteiger partial charge in [0.1, 0.15) is 5.82 Å². The molecule has 0 N–H and O–H groups in total. The Morgan fingerprint density at radius 3 is 2.78 bits per heavy atom. The molecule has 1 fully saturated rings. The molecule has 3 heterocycles. The molecule has 0 unspecified atom stereocenters. The van der Waals surface area contributed by atoms with Crippen LogP contribution in [0.2, 0.25) is 0 Å². The van der Waals surface area contributed by atoms with Gasteiger partial charge in [-0.1, -0.05) is 12.1 Å². The van der Waals surface area contributed by atoms with Gasteiger partial charge in [-0.2, -0.15) is 5.10 Å². The van der Waals surface area contributed by atoms with E-state index in [0.29, 0.717) is 6.04 Å². The molecule has 0 bridgehead atoms. The minimum Gasteiger partial charge on any atom is -0.350 e. The van der Waals surface area contributed by atoms with Crippen molar-refractivity contribution in [2.75, 3.05) is 11.4 Å². The van der Waals surface area contributed by atoms with E-state index in [1.54, 1.807) is 0 Å². The maximum Gasteiger partial charge on any atom is 0.148 e. The Balaban J connectivity index is 1.62. The molecule has 0 saturated carbocycles. The Morgan fingerprint density at radius 1 is 1.17 bits per heavy atom. The number of rotatable bonds is 3. The molecule has 0 amide bonds. The Hall–Kier alpha value is -2.43. The molecule has 1 aliphatic rings. The first-order chi connectivity index (χ1) is 11.2. The standard InChI is InChI=1S/C18H21N5/c1-13-10-14(2)23(21-13)12-15-6-5-9-22(15)18-11-19-16-7-3-4-8-17(16)20-18/h3-4,7-8,10-11,15H,5-6,9,12H2,1-2H3/t15-/m0/s1. The van der Waals surface area contributed by atoms with Gasteiger partial charge in [0.05, 0.1) is 35.5 Å². The fourth-order valence-corrected chi connectivity index (χ4v) is 3.47. The van der Waals surface area contributed by atoms with E-state index < -0.39 is 0 Å². The quantitative estimate of drug-likeness (QED) is 0.746. The smallest absolute Gasteiger partial charge is 0.148 e. The third kappa shape index (κ3) is 2.67. The van der Waals surface area contributed by atoms with E-state index in [9.17, 15) is 0 Å². The first-order valence-electron chi connectivity index (χ1n) is 8.20. The molecule has 3 aromatic rings. The van der Waals surface area contributed by atoms with Gasteiger partial charge in [-0.25, -0.2) is 4.98 Å². The van der Waals surface area contributed by atoms with Crippen LogP contribution in [0.3, 0.4) is 0 Å². The van der Waals surface area contributed by atoms with Gasteiger partial charge in [0.2, 0.25) is 0 Å². The lowest BCUT2D eigenvalue weighted by Crippen LogP contribution is -2.34. The van der Waals surface area contributed by atoms with Crippen LogP contribution in [0, 0.1) is 13.8 Å². The number of aromatic nitrogens is 4. The molecule has 1 aliphatic heterocycles. The molecule has 1 saturated heterocycles. The minimum atomic E-state index is 0.434. The second kappa shape index (κ2) is 5.65. The van der Waals surface area contributed by atoms with E-state index in [4.69, 9.17) is 4.98 Å². The predicted octanol–water partition coefficient (Wildman–Crippen LogP) is 3.11. The summed E-state index contributed by atoms with van der Waals surface area (Å²) in [5.41, 5.74) is 4.21. The van der Waals surface area contributed by atoms with Crippen LogP contribution in [-0.2, 0) is 6.54 Å². The van der Waals surface area contributed by atoms with Crippen molar-refractivity contribution in [3.63, 3.8) is 0 Å². The summed E-state index contributed by atoms with van der Waals surface area (Å²) in [5.74, 6) is 0.979. The van der Waals surface area contributed by atoms with Crippen molar-refractivity contribution in [3.05, 3.63) is 47.9 Å². The summed E-state index contributed by atoms with van der Waals surface area (Å²) in [7, 11) is 0. The normalized spacial score (nSPS) is 18.0. The second-order valence-corrected chi connectivity index (χ2v) is 6.32. The van der Waals surface area contributed by atoms with E-state index in [1.807, 2.05) is 37.4 Å². The molecule has 1 aromatic carbocycles. The van der Waals surface area contributed by atoms with Gasteiger partial charge < -0.3 is 4.90 Å². The van der Waals surface area contributed by atoms with E-state index in [2.05, 4.69) is 32.7 Å². The molecule has 118 valence electrons. The lowest BCUT2D eigenvalue weighted by molar-refractivity contribution is 0.496. The molecule has 1 atom stereocenters. The average molecular weight is 307 g/mol. The molecule has 0 spiro atoms. The van der Waals surface area contributed by atoms with Crippen LogP contribution in [-0.4, -0.2) is 32.3 Å². The zero-order valence-electron chi connectivity index (χ0n) is 13.6. The van der Waals surface area contributed by atoms with Crippen molar-refractivity contribution >= 4 is 16.9 Å². The monoisotopic (exact) mass is 307 g/mol. The van der Waals surface area contributed by atoms with Crippen LogP contribution in [0.25, 0.3) is 11.0 Å². The van der Waals surface area contributed by atoms with Gasteiger partial charge in [-0.15, -0.1) is 0 Å². The predicted molar refractivity (Wildman–Crippen MR) is 91.6 cm³/mol. The van der Waals surface area contributed by atoms with E-state index in [0.717, 1.165) is 35.6 Å². The third-order valence-corrected chi connectivity index (χ3v) is 4.59. The van der Waals surface area contributed by atoms with Crippen molar-refractivity contribution in [1.29, 1.82) is 0 Å². The lowest BCUT2D eigenvalue weighted by atomic mass is 10.2. The molecule has 0 radical (unpaired) electrons. The highest BCUT2D eigenvalue weighted by Crippen LogP contribution is 2.26. The summed E-state index contributed by atoms with van der Waals surface area (Å²) in [6.07, 6.45) is 4.27. The molecular formula is C18H21N5. The minimum absolute atomic E-state index is 0.434. The van der Waals surface area contributed by atoms with Gasteiger partial charge in [0, 0.05) is 12.2 Å². The number of anilines is 1. The average Bonchev–Trinajstić information content (AvgIpc) is 3.14.